The molecule has 0 saturated carbocycles. The van der Waals surface area contributed by atoms with E-state index in [0.717, 1.165) is 5.56 Å². The fraction of sp³-hybridized carbons (Fsp3) is 0.188. The zero-order valence-electron chi connectivity index (χ0n) is 11.2. The van der Waals surface area contributed by atoms with E-state index in [1.807, 2.05) is 19.1 Å². The second kappa shape index (κ2) is 5.22. The van der Waals surface area contributed by atoms with Gasteiger partial charge in [-0.25, -0.2) is 4.39 Å². The molecule has 0 spiro atoms. The van der Waals surface area contributed by atoms with Crippen molar-refractivity contribution in [3.63, 3.8) is 0 Å². The second-order valence-electron chi connectivity index (χ2n) is 4.49. The molecule has 0 aliphatic carbocycles. The van der Waals surface area contributed by atoms with E-state index >= 15 is 0 Å². The molecule has 2 nitrogen and oxygen atoms in total. The summed E-state index contributed by atoms with van der Waals surface area (Å²) in [7, 11) is 1.53. The highest BCUT2D eigenvalue weighted by molar-refractivity contribution is 6.11. The molecule has 0 aromatic heterocycles. The summed E-state index contributed by atoms with van der Waals surface area (Å²) in [6.45, 7) is 3.65. The van der Waals surface area contributed by atoms with Crippen LogP contribution in [0.25, 0.3) is 0 Å². The normalized spacial score (nSPS) is 10.3. The summed E-state index contributed by atoms with van der Waals surface area (Å²) in [6.07, 6.45) is 0. The fourth-order valence-corrected chi connectivity index (χ4v) is 2.01. The molecule has 19 heavy (non-hydrogen) atoms. The van der Waals surface area contributed by atoms with Gasteiger partial charge in [0, 0.05) is 5.56 Å². The second-order valence-corrected chi connectivity index (χ2v) is 4.49. The van der Waals surface area contributed by atoms with Crippen molar-refractivity contribution in [1.82, 2.24) is 0 Å². The van der Waals surface area contributed by atoms with Gasteiger partial charge in [0.25, 0.3) is 0 Å². The molecule has 98 valence electrons. The van der Waals surface area contributed by atoms with Gasteiger partial charge in [-0.15, -0.1) is 0 Å². The predicted molar refractivity (Wildman–Crippen MR) is 72.3 cm³/mol. The van der Waals surface area contributed by atoms with Crippen LogP contribution in [-0.4, -0.2) is 12.9 Å². The Morgan fingerprint density at radius 1 is 1.05 bits per heavy atom. The van der Waals surface area contributed by atoms with Gasteiger partial charge in [-0.05, 0) is 55.3 Å². The zero-order valence-corrected chi connectivity index (χ0v) is 11.2. The van der Waals surface area contributed by atoms with Crippen molar-refractivity contribution in [3.8, 4) is 5.75 Å². The van der Waals surface area contributed by atoms with Crippen LogP contribution in [0.1, 0.15) is 27.0 Å². The van der Waals surface area contributed by atoms with E-state index < -0.39 is 0 Å². The third kappa shape index (κ3) is 2.65. The molecule has 3 heteroatoms. The van der Waals surface area contributed by atoms with Crippen LogP contribution in [0.5, 0.6) is 5.75 Å². The van der Waals surface area contributed by atoms with Crippen molar-refractivity contribution < 1.29 is 13.9 Å². The van der Waals surface area contributed by atoms with Gasteiger partial charge >= 0.3 is 0 Å². The van der Waals surface area contributed by atoms with E-state index in [1.165, 1.54) is 25.3 Å². The highest BCUT2D eigenvalue weighted by Gasteiger charge is 2.16. The first-order chi connectivity index (χ1) is 9.02. The lowest BCUT2D eigenvalue weighted by atomic mass is 9.97. The molecule has 2 aromatic carbocycles. The van der Waals surface area contributed by atoms with Crippen molar-refractivity contribution in [2.45, 2.75) is 13.8 Å². The molecule has 0 fully saturated rings. The molecule has 0 N–H and O–H groups in total. The quantitative estimate of drug-likeness (QED) is 0.785. The van der Waals surface area contributed by atoms with E-state index in [4.69, 9.17) is 4.74 Å². The topological polar surface area (TPSA) is 26.3 Å². The Morgan fingerprint density at radius 2 is 1.74 bits per heavy atom. The first-order valence-corrected chi connectivity index (χ1v) is 5.98. The molecular formula is C16H15FO2. The molecule has 2 rings (SSSR count). The number of methoxy groups -OCH3 is 1. The van der Waals surface area contributed by atoms with Crippen LogP contribution in [0.15, 0.2) is 36.4 Å². The fourth-order valence-electron chi connectivity index (χ4n) is 2.01. The number of benzene rings is 2. The first kappa shape index (κ1) is 13.3. The number of hydrogen-bond acceptors (Lipinski definition) is 2. The maximum absolute atomic E-state index is 13.1. The Bertz CT molecular complexity index is 633. The smallest absolute Gasteiger partial charge is 0.197 e. The predicted octanol–water partition coefficient (Wildman–Crippen LogP) is 3.68. The molecular weight excluding hydrogens is 243 g/mol. The Morgan fingerprint density at radius 3 is 2.37 bits per heavy atom. The van der Waals surface area contributed by atoms with Gasteiger partial charge in [-0.2, -0.15) is 0 Å². The summed E-state index contributed by atoms with van der Waals surface area (Å²) in [5.74, 6) is 0.0352. The molecule has 0 saturated heterocycles. The third-order valence-electron chi connectivity index (χ3n) is 3.03. The Labute approximate surface area is 111 Å². The van der Waals surface area contributed by atoms with Gasteiger partial charge in [-0.3, -0.25) is 4.79 Å². The maximum atomic E-state index is 13.1. The number of ketones is 1. The minimum absolute atomic E-state index is 0.158. The van der Waals surface area contributed by atoms with Gasteiger partial charge in [0.05, 0.1) is 12.7 Å². The lowest BCUT2D eigenvalue weighted by Crippen LogP contribution is -2.06. The first-order valence-electron chi connectivity index (χ1n) is 5.98. The average molecular weight is 258 g/mol. The Hall–Kier alpha value is -2.16. The molecule has 0 atom stereocenters. The van der Waals surface area contributed by atoms with Crippen molar-refractivity contribution in [2.24, 2.45) is 0 Å². The van der Waals surface area contributed by atoms with Gasteiger partial charge in [0.2, 0.25) is 0 Å². The molecule has 0 aliphatic rings. The summed E-state index contributed by atoms with van der Waals surface area (Å²) in [6, 6.07) is 9.56. The maximum Gasteiger partial charge on any atom is 0.197 e. The number of hydrogen-bond donors (Lipinski definition) is 0. The minimum atomic E-state index is -0.343. The van der Waals surface area contributed by atoms with Crippen molar-refractivity contribution in [3.05, 3.63) is 64.5 Å². The van der Waals surface area contributed by atoms with Crippen molar-refractivity contribution >= 4 is 5.78 Å². The standard InChI is InChI=1S/C16H15FO2/c1-10-4-6-14(15(8-10)19-3)16(18)13-7-5-12(17)9-11(13)2/h4-9H,1-3H3. The third-order valence-corrected chi connectivity index (χ3v) is 3.03. The van der Waals surface area contributed by atoms with Crippen LogP contribution in [0, 0.1) is 19.7 Å². The zero-order chi connectivity index (χ0) is 14.0. The summed E-state index contributed by atoms with van der Waals surface area (Å²) in [5.41, 5.74) is 2.61. The summed E-state index contributed by atoms with van der Waals surface area (Å²) < 4.78 is 18.3. The SMILES string of the molecule is COc1cc(C)ccc1C(=O)c1ccc(F)cc1C. The van der Waals surface area contributed by atoms with Crippen LogP contribution in [-0.2, 0) is 0 Å². The molecule has 0 amide bonds. The van der Waals surface area contributed by atoms with Crippen LogP contribution < -0.4 is 4.74 Å². The van der Waals surface area contributed by atoms with Crippen LogP contribution in [0.2, 0.25) is 0 Å². The van der Waals surface area contributed by atoms with Gasteiger partial charge in [0.15, 0.2) is 5.78 Å². The largest absolute Gasteiger partial charge is 0.496 e. The van der Waals surface area contributed by atoms with Crippen molar-refractivity contribution in [1.29, 1.82) is 0 Å². The van der Waals surface area contributed by atoms with Crippen LogP contribution >= 0.6 is 0 Å². The number of rotatable bonds is 3. The number of carbonyl (C=O) groups excluding carboxylic acids is 1. The number of carbonyl (C=O) groups is 1. The van der Waals surface area contributed by atoms with Gasteiger partial charge in [-0.1, -0.05) is 6.07 Å². The number of aryl methyl sites for hydroxylation is 2. The lowest BCUT2D eigenvalue weighted by Gasteiger charge is -2.10. The lowest BCUT2D eigenvalue weighted by molar-refractivity contribution is 0.103. The average Bonchev–Trinajstić information content (AvgIpc) is 2.37. The minimum Gasteiger partial charge on any atom is -0.496 e. The van der Waals surface area contributed by atoms with E-state index in [9.17, 15) is 9.18 Å². The van der Waals surface area contributed by atoms with Crippen LogP contribution in [0.4, 0.5) is 4.39 Å². The van der Waals surface area contributed by atoms with E-state index in [0.29, 0.717) is 22.4 Å². The molecule has 0 radical (unpaired) electrons. The van der Waals surface area contributed by atoms with Gasteiger partial charge < -0.3 is 4.74 Å². The number of ether oxygens (including phenoxy) is 1. The van der Waals surface area contributed by atoms with E-state index in [2.05, 4.69) is 0 Å². The van der Waals surface area contributed by atoms with E-state index in [1.54, 1.807) is 13.0 Å². The molecule has 0 bridgehead atoms. The van der Waals surface area contributed by atoms with Crippen molar-refractivity contribution in [2.75, 3.05) is 7.11 Å². The molecule has 0 unspecified atom stereocenters. The number of halogens is 1. The molecule has 0 heterocycles. The molecule has 2 aromatic rings. The highest BCUT2D eigenvalue weighted by atomic mass is 19.1. The summed E-state index contributed by atoms with van der Waals surface area (Å²) in [4.78, 5) is 12.5. The molecule has 0 aliphatic heterocycles. The Balaban J connectivity index is 2.50. The van der Waals surface area contributed by atoms with Crippen LogP contribution in [0.3, 0.4) is 0 Å². The summed E-state index contributed by atoms with van der Waals surface area (Å²) >= 11 is 0. The monoisotopic (exact) mass is 258 g/mol. The van der Waals surface area contributed by atoms with E-state index in [-0.39, 0.29) is 11.6 Å². The van der Waals surface area contributed by atoms with Gasteiger partial charge in [0.1, 0.15) is 11.6 Å². The highest BCUT2D eigenvalue weighted by Crippen LogP contribution is 2.24. The summed E-state index contributed by atoms with van der Waals surface area (Å²) in [5, 5.41) is 0. The Kier molecular flexibility index (Phi) is 3.65.